The summed E-state index contributed by atoms with van der Waals surface area (Å²) >= 11 is 0. The summed E-state index contributed by atoms with van der Waals surface area (Å²) in [5, 5.41) is 12.8. The smallest absolute Gasteiger partial charge is 0.119 e. The van der Waals surface area contributed by atoms with Gasteiger partial charge < -0.3 is 5.11 Å². The van der Waals surface area contributed by atoms with Gasteiger partial charge in [-0.1, -0.05) is 23.0 Å². The Bertz CT molecular complexity index is 451. The molecule has 0 radical (unpaired) electrons. The van der Waals surface area contributed by atoms with Gasteiger partial charge in [-0.15, -0.1) is 0 Å². The quantitative estimate of drug-likeness (QED) is 0.258. The molecule has 0 spiro atoms. The molecule has 0 bridgehead atoms. The van der Waals surface area contributed by atoms with Crippen molar-refractivity contribution in [1.29, 1.82) is 0 Å². The Morgan fingerprint density at radius 3 is 3.00 bits per heavy atom. The second kappa shape index (κ2) is 5.58. The Morgan fingerprint density at radius 2 is 2.33 bits per heavy atom. The van der Waals surface area contributed by atoms with Crippen molar-refractivity contribution >= 4 is 0 Å². The molecule has 0 aromatic heterocycles. The Balaban J connectivity index is 2.64. The molecule has 0 amide bonds. The number of azide groups is 1. The summed E-state index contributed by atoms with van der Waals surface area (Å²) in [6.07, 6.45) is 0.526. The molecular weight excluding hydrogens is 190 g/mol. The monoisotopic (exact) mass is 201 g/mol. The van der Waals surface area contributed by atoms with Gasteiger partial charge in [0.2, 0.25) is 0 Å². The summed E-state index contributed by atoms with van der Waals surface area (Å²) in [6.45, 7) is 2.20. The van der Waals surface area contributed by atoms with Crippen LogP contribution in [0.4, 0.5) is 0 Å². The maximum absolute atomic E-state index is 9.41. The maximum atomic E-state index is 9.41. The van der Waals surface area contributed by atoms with E-state index in [4.69, 9.17) is 5.53 Å². The van der Waals surface area contributed by atoms with Gasteiger partial charge in [-0.2, -0.15) is 0 Å². The lowest BCUT2D eigenvalue weighted by Gasteiger charge is -1.97. The number of hydrogen-bond donors (Lipinski definition) is 1. The van der Waals surface area contributed by atoms with Crippen LogP contribution in [0.5, 0.6) is 5.75 Å². The fourth-order valence-corrected chi connectivity index (χ4v) is 1.00. The van der Waals surface area contributed by atoms with Gasteiger partial charge in [-0.3, -0.25) is 0 Å². The van der Waals surface area contributed by atoms with Crippen LogP contribution in [-0.4, -0.2) is 11.7 Å². The van der Waals surface area contributed by atoms with Gasteiger partial charge in [0.05, 0.1) is 0 Å². The van der Waals surface area contributed by atoms with E-state index in [1.54, 1.807) is 6.07 Å². The summed E-state index contributed by atoms with van der Waals surface area (Å²) in [5.41, 5.74) is 9.62. The molecule has 0 saturated heterocycles. The van der Waals surface area contributed by atoms with E-state index in [0.29, 0.717) is 13.0 Å². The van der Waals surface area contributed by atoms with Crippen LogP contribution in [-0.2, 0) is 0 Å². The molecule has 1 rings (SSSR count). The minimum atomic E-state index is 0.247. The zero-order valence-corrected chi connectivity index (χ0v) is 8.44. The summed E-state index contributed by atoms with van der Waals surface area (Å²) in [4.78, 5) is 2.62. The standard InChI is InChI=1S/C11H11N3O/c1-9-5-6-10(8-11(9)15)4-2-3-7-13-14-12/h5-6,8,15H,3,7H2,1H3. The highest BCUT2D eigenvalue weighted by molar-refractivity contribution is 5.43. The molecule has 0 aliphatic heterocycles. The number of rotatable bonds is 2. The number of nitrogens with zero attached hydrogens (tertiary/aromatic N) is 3. The lowest BCUT2D eigenvalue weighted by atomic mass is 10.1. The normalized spacial score (nSPS) is 8.60. The average molecular weight is 201 g/mol. The predicted molar refractivity (Wildman–Crippen MR) is 58.4 cm³/mol. The molecule has 0 heterocycles. The second-order valence-corrected chi connectivity index (χ2v) is 3.01. The van der Waals surface area contributed by atoms with Crippen molar-refractivity contribution in [2.45, 2.75) is 13.3 Å². The van der Waals surface area contributed by atoms with E-state index in [0.717, 1.165) is 11.1 Å². The van der Waals surface area contributed by atoms with Crippen LogP contribution >= 0.6 is 0 Å². The molecule has 4 heteroatoms. The first kappa shape index (κ1) is 11.0. The van der Waals surface area contributed by atoms with Crippen molar-refractivity contribution in [3.05, 3.63) is 39.8 Å². The highest BCUT2D eigenvalue weighted by Gasteiger charge is 1.94. The first-order chi connectivity index (χ1) is 7.24. The molecule has 1 aromatic rings. The zero-order valence-electron chi connectivity index (χ0n) is 8.44. The van der Waals surface area contributed by atoms with Crippen molar-refractivity contribution in [3.8, 4) is 17.6 Å². The van der Waals surface area contributed by atoms with Crippen molar-refractivity contribution in [1.82, 2.24) is 0 Å². The van der Waals surface area contributed by atoms with E-state index in [1.807, 2.05) is 19.1 Å². The Morgan fingerprint density at radius 1 is 1.53 bits per heavy atom. The van der Waals surface area contributed by atoms with Crippen molar-refractivity contribution in [2.75, 3.05) is 6.54 Å². The minimum absolute atomic E-state index is 0.247. The zero-order chi connectivity index (χ0) is 11.1. The summed E-state index contributed by atoms with van der Waals surface area (Å²) in [5.74, 6) is 5.98. The SMILES string of the molecule is Cc1ccc(C#CCCN=[N+]=[N-])cc1O. The molecule has 0 unspecified atom stereocenters. The molecule has 0 atom stereocenters. The van der Waals surface area contributed by atoms with Gasteiger partial charge in [0.25, 0.3) is 0 Å². The van der Waals surface area contributed by atoms with Crippen LogP contribution in [0.25, 0.3) is 10.4 Å². The molecule has 1 aromatic carbocycles. The van der Waals surface area contributed by atoms with Crippen molar-refractivity contribution < 1.29 is 5.11 Å². The molecule has 0 saturated carbocycles. The van der Waals surface area contributed by atoms with Gasteiger partial charge in [0.15, 0.2) is 0 Å². The molecule has 76 valence electrons. The Labute approximate surface area is 88.2 Å². The van der Waals surface area contributed by atoms with E-state index in [2.05, 4.69) is 21.9 Å². The number of aryl methyl sites for hydroxylation is 1. The van der Waals surface area contributed by atoms with Gasteiger partial charge >= 0.3 is 0 Å². The van der Waals surface area contributed by atoms with E-state index >= 15 is 0 Å². The van der Waals surface area contributed by atoms with Crippen LogP contribution in [0.3, 0.4) is 0 Å². The minimum Gasteiger partial charge on any atom is -0.508 e. The van der Waals surface area contributed by atoms with Crippen molar-refractivity contribution in [2.24, 2.45) is 5.11 Å². The number of aromatic hydroxyl groups is 1. The summed E-state index contributed by atoms with van der Waals surface area (Å²) in [7, 11) is 0. The first-order valence-electron chi connectivity index (χ1n) is 4.53. The molecule has 0 aliphatic carbocycles. The van der Waals surface area contributed by atoms with E-state index < -0.39 is 0 Å². The lowest BCUT2D eigenvalue weighted by molar-refractivity contribution is 0.471. The van der Waals surface area contributed by atoms with Crippen LogP contribution in [0.2, 0.25) is 0 Å². The third-order valence-corrected chi connectivity index (χ3v) is 1.84. The third kappa shape index (κ3) is 3.63. The molecule has 0 fully saturated rings. The fourth-order valence-electron chi connectivity index (χ4n) is 1.00. The maximum Gasteiger partial charge on any atom is 0.119 e. The fraction of sp³-hybridized carbons (Fsp3) is 0.273. The largest absolute Gasteiger partial charge is 0.508 e. The third-order valence-electron chi connectivity index (χ3n) is 1.84. The van der Waals surface area contributed by atoms with E-state index in [-0.39, 0.29) is 5.75 Å². The molecule has 0 aliphatic rings. The highest BCUT2D eigenvalue weighted by atomic mass is 16.3. The Kier molecular flexibility index (Phi) is 4.08. The molecule has 1 N–H and O–H groups in total. The topological polar surface area (TPSA) is 69.0 Å². The van der Waals surface area contributed by atoms with Crippen LogP contribution < -0.4 is 0 Å². The van der Waals surface area contributed by atoms with Gasteiger partial charge in [0, 0.05) is 23.4 Å². The molecular formula is C11H11N3O. The van der Waals surface area contributed by atoms with E-state index in [9.17, 15) is 5.11 Å². The second-order valence-electron chi connectivity index (χ2n) is 3.01. The molecule has 15 heavy (non-hydrogen) atoms. The highest BCUT2D eigenvalue weighted by Crippen LogP contribution is 2.16. The summed E-state index contributed by atoms with van der Waals surface area (Å²) in [6, 6.07) is 5.28. The van der Waals surface area contributed by atoms with Crippen LogP contribution in [0.15, 0.2) is 23.3 Å². The average Bonchev–Trinajstić information content (AvgIpc) is 2.23. The number of benzene rings is 1. The van der Waals surface area contributed by atoms with Crippen LogP contribution in [0, 0.1) is 18.8 Å². The van der Waals surface area contributed by atoms with Gasteiger partial charge in [0.1, 0.15) is 5.75 Å². The Hall–Kier alpha value is -2.11. The first-order valence-corrected chi connectivity index (χ1v) is 4.53. The van der Waals surface area contributed by atoms with Crippen molar-refractivity contribution in [3.63, 3.8) is 0 Å². The number of hydrogen-bond acceptors (Lipinski definition) is 2. The summed E-state index contributed by atoms with van der Waals surface area (Å²) < 4.78 is 0. The predicted octanol–water partition coefficient (Wildman–Crippen LogP) is 2.75. The number of phenols is 1. The van der Waals surface area contributed by atoms with Gasteiger partial charge in [-0.25, -0.2) is 0 Å². The lowest BCUT2D eigenvalue weighted by Crippen LogP contribution is -1.79. The van der Waals surface area contributed by atoms with Gasteiger partial charge in [-0.05, 0) is 30.2 Å². The van der Waals surface area contributed by atoms with E-state index in [1.165, 1.54) is 0 Å². The number of phenolic OH excluding ortho intramolecular Hbond substituents is 1. The molecule has 4 nitrogen and oxygen atoms in total. The van der Waals surface area contributed by atoms with Crippen LogP contribution in [0.1, 0.15) is 17.5 Å².